The van der Waals surface area contributed by atoms with E-state index < -0.39 is 0 Å². The molecule has 2 aliphatic rings. The number of hydrogen-bond donors (Lipinski definition) is 4. The highest BCUT2D eigenvalue weighted by Crippen LogP contribution is 2.39. The molecule has 4 N–H and O–H groups in total. The van der Waals surface area contributed by atoms with Gasteiger partial charge < -0.3 is 40.2 Å². The topological polar surface area (TPSA) is 120 Å². The quantitative estimate of drug-likeness (QED) is 0.424. The summed E-state index contributed by atoms with van der Waals surface area (Å²) in [4.78, 5) is 24.0. The Balaban J connectivity index is -0.0000000937. The van der Waals surface area contributed by atoms with E-state index in [2.05, 4.69) is 36.7 Å². The van der Waals surface area contributed by atoms with Gasteiger partial charge in [-0.1, -0.05) is 28.2 Å². The molecule has 0 radical (unpaired) electrons. The van der Waals surface area contributed by atoms with Gasteiger partial charge in [-0.05, 0) is 71.2 Å². The molecule has 1 saturated carbocycles. The lowest BCUT2D eigenvalue weighted by molar-refractivity contribution is -0.0987. The second-order valence-corrected chi connectivity index (χ2v) is 7.36. The van der Waals surface area contributed by atoms with Crippen LogP contribution in [0.25, 0.3) is 0 Å². The van der Waals surface area contributed by atoms with Gasteiger partial charge in [-0.2, -0.15) is 0 Å². The monoisotopic (exact) mass is 437 g/mol. The number of aliphatic hydroxyl groups excluding tert-OH is 1. The molecule has 1 heterocycles. The van der Waals surface area contributed by atoms with E-state index in [4.69, 9.17) is 24.2 Å². The average molecular weight is 438 g/mol. The minimum Gasteiger partial charge on any atom is -0.393 e. The third-order valence-electron chi connectivity index (χ3n) is 4.18. The van der Waals surface area contributed by atoms with E-state index in [0.29, 0.717) is 11.5 Å². The highest BCUT2D eigenvalue weighted by atomic mass is 16.6. The molecule has 2 atom stereocenters. The summed E-state index contributed by atoms with van der Waals surface area (Å²) in [6.07, 6.45) is 4.95. The molecule has 0 bridgehead atoms. The van der Waals surface area contributed by atoms with Crippen LogP contribution in [0.15, 0.2) is 0 Å². The van der Waals surface area contributed by atoms with E-state index in [-0.39, 0.29) is 13.5 Å². The second-order valence-electron chi connectivity index (χ2n) is 7.36. The lowest BCUT2D eigenvalue weighted by atomic mass is 9.68. The van der Waals surface area contributed by atoms with E-state index in [1.54, 1.807) is 0 Å². The van der Waals surface area contributed by atoms with Gasteiger partial charge in [0.2, 0.25) is 0 Å². The molecule has 2 rings (SSSR count). The first-order valence-corrected chi connectivity index (χ1v) is 10.0. The normalized spacial score (nSPS) is 22.9. The fraction of sp³-hybridized carbons (Fsp3) is 0.864. The number of aliphatic hydroxyl groups is 1. The zero-order valence-corrected chi connectivity index (χ0v) is 19.6. The molecule has 1 aliphatic carbocycles. The van der Waals surface area contributed by atoms with Crippen LogP contribution in [0.4, 0.5) is 0 Å². The molecule has 2 fully saturated rings. The molecule has 0 aromatic carbocycles. The van der Waals surface area contributed by atoms with E-state index in [1.165, 1.54) is 12.8 Å². The summed E-state index contributed by atoms with van der Waals surface area (Å²) in [5, 5.41) is 18.3. The molecular weight excluding hydrogens is 386 g/mol. The predicted molar refractivity (Wildman–Crippen MR) is 127 cm³/mol. The van der Waals surface area contributed by atoms with Gasteiger partial charge in [-0.15, -0.1) is 0 Å². The van der Waals surface area contributed by atoms with Gasteiger partial charge in [-0.3, -0.25) is 0 Å². The van der Waals surface area contributed by atoms with Crippen LogP contribution in [-0.4, -0.2) is 85.1 Å². The molecule has 0 aromatic heterocycles. The standard InChI is InChI=1S/2C7H15NO.C4H11N.3CH2O.CH4/c1-7(5-8-2)3-6(9)4-7;1-6(4-8-2)3-7-5-9-7;1-3-4-5-2;3*1-2;/h6,8-9H,3-5H2,1-2H3;6-8H,3-5H2,1-2H3;5H,3-4H2,1-2H3;3*1H2;1H4. The van der Waals surface area contributed by atoms with Gasteiger partial charge in [0.15, 0.2) is 0 Å². The summed E-state index contributed by atoms with van der Waals surface area (Å²) in [5.74, 6) is 0.766. The summed E-state index contributed by atoms with van der Waals surface area (Å²) in [6, 6.07) is 0. The number of rotatable bonds is 8. The Hall–Kier alpha value is -1.19. The molecule has 0 aromatic rings. The van der Waals surface area contributed by atoms with E-state index in [1.807, 2.05) is 41.5 Å². The van der Waals surface area contributed by atoms with Gasteiger partial charge in [-0.25, -0.2) is 0 Å². The van der Waals surface area contributed by atoms with Gasteiger partial charge in [0, 0.05) is 6.54 Å². The number of nitrogens with one attached hydrogen (secondary N) is 3. The molecule has 0 amide bonds. The highest BCUT2D eigenvalue weighted by molar-refractivity contribution is 5.11. The van der Waals surface area contributed by atoms with E-state index >= 15 is 0 Å². The Morgan fingerprint density at radius 2 is 1.50 bits per heavy atom. The largest absolute Gasteiger partial charge is 0.393 e. The van der Waals surface area contributed by atoms with Crippen LogP contribution in [0.2, 0.25) is 0 Å². The zero-order chi connectivity index (χ0) is 23.7. The Morgan fingerprint density at radius 1 is 1.03 bits per heavy atom. The van der Waals surface area contributed by atoms with Gasteiger partial charge in [0.05, 0.1) is 18.8 Å². The second kappa shape index (κ2) is 30.0. The molecule has 0 spiro atoms. The van der Waals surface area contributed by atoms with Crippen molar-refractivity contribution in [3.8, 4) is 0 Å². The van der Waals surface area contributed by atoms with Crippen molar-refractivity contribution >= 4 is 20.4 Å². The molecule has 1 aliphatic heterocycles. The summed E-state index contributed by atoms with van der Waals surface area (Å²) < 4.78 is 5.10. The molecule has 8 heteroatoms. The fourth-order valence-corrected chi connectivity index (χ4v) is 2.98. The molecule has 8 nitrogen and oxygen atoms in total. The van der Waals surface area contributed by atoms with Crippen LogP contribution in [0.3, 0.4) is 0 Å². The maximum Gasteiger partial charge on any atom is 0.106 e. The van der Waals surface area contributed by atoms with Gasteiger partial charge in [0.1, 0.15) is 20.4 Å². The zero-order valence-electron chi connectivity index (χ0n) is 19.6. The Kier molecular flexibility index (Phi) is 39.3. The number of epoxide rings is 1. The van der Waals surface area contributed by atoms with Crippen molar-refractivity contribution in [3.63, 3.8) is 0 Å². The highest BCUT2D eigenvalue weighted by Gasteiger charge is 2.38. The van der Waals surface area contributed by atoms with Crippen LogP contribution in [-0.2, 0) is 19.1 Å². The van der Waals surface area contributed by atoms with E-state index in [9.17, 15) is 0 Å². The first kappa shape index (κ1) is 39.3. The van der Waals surface area contributed by atoms with Crippen molar-refractivity contribution < 1.29 is 24.2 Å². The number of carbonyl (C=O) groups excluding carboxylic acids is 3. The first-order chi connectivity index (χ1) is 13.9. The van der Waals surface area contributed by atoms with Crippen molar-refractivity contribution in [3.05, 3.63) is 0 Å². The number of hydrogen-bond acceptors (Lipinski definition) is 8. The van der Waals surface area contributed by atoms with Crippen molar-refractivity contribution in [2.45, 2.75) is 66.1 Å². The Bertz CT molecular complexity index is 303. The van der Waals surface area contributed by atoms with Gasteiger partial charge in [0.25, 0.3) is 0 Å². The van der Waals surface area contributed by atoms with Crippen molar-refractivity contribution in [1.82, 2.24) is 16.0 Å². The predicted octanol–water partition coefficient (Wildman–Crippen LogP) is 1.69. The molecule has 184 valence electrons. The Morgan fingerprint density at radius 3 is 1.73 bits per heavy atom. The number of ether oxygens (including phenoxy) is 1. The van der Waals surface area contributed by atoms with Crippen molar-refractivity contribution in [2.75, 3.05) is 47.4 Å². The maximum absolute atomic E-state index is 8.98. The smallest absolute Gasteiger partial charge is 0.106 e. The first-order valence-electron chi connectivity index (χ1n) is 10.0. The van der Waals surface area contributed by atoms with Crippen LogP contribution in [0.5, 0.6) is 0 Å². The molecule has 1 saturated heterocycles. The van der Waals surface area contributed by atoms with Crippen LogP contribution in [0, 0.1) is 11.3 Å². The van der Waals surface area contributed by atoms with E-state index in [0.717, 1.165) is 45.0 Å². The summed E-state index contributed by atoms with van der Waals surface area (Å²) in [5.41, 5.74) is 0.383. The summed E-state index contributed by atoms with van der Waals surface area (Å²) >= 11 is 0. The third-order valence-corrected chi connectivity index (χ3v) is 4.18. The van der Waals surface area contributed by atoms with Crippen molar-refractivity contribution in [1.29, 1.82) is 0 Å². The maximum atomic E-state index is 8.98. The lowest BCUT2D eigenvalue weighted by Crippen LogP contribution is -2.44. The van der Waals surface area contributed by atoms with Crippen molar-refractivity contribution in [2.24, 2.45) is 11.3 Å². The SMILES string of the molecule is C.C=O.C=O.C=O.CCCNC.CNCC(C)CC1CO1.CNCC1(C)CC(O)C1. The van der Waals surface area contributed by atoms with Gasteiger partial charge >= 0.3 is 0 Å². The summed E-state index contributed by atoms with van der Waals surface area (Å²) in [7, 11) is 5.91. The third kappa shape index (κ3) is 29.0. The van der Waals surface area contributed by atoms with Crippen LogP contribution in [0.1, 0.15) is 53.9 Å². The van der Waals surface area contributed by atoms with Crippen LogP contribution >= 0.6 is 0 Å². The minimum absolute atomic E-state index is 0. The Labute approximate surface area is 185 Å². The minimum atomic E-state index is -0.0247. The lowest BCUT2D eigenvalue weighted by Gasteiger charge is -2.42. The molecule has 30 heavy (non-hydrogen) atoms. The molecule has 2 unspecified atom stereocenters. The molecular formula is C22H51N3O5. The fourth-order valence-electron chi connectivity index (χ4n) is 2.98. The van der Waals surface area contributed by atoms with Crippen LogP contribution < -0.4 is 16.0 Å². The summed E-state index contributed by atoms with van der Waals surface area (Å²) in [6.45, 7) is 16.9. The average Bonchev–Trinajstić information content (AvgIpc) is 3.51. The number of carbonyl (C=O) groups is 3.